The fraction of sp³-hybridized carbons (Fsp3) is 0. The van der Waals surface area contributed by atoms with E-state index in [1.54, 1.807) is 0 Å². The van der Waals surface area contributed by atoms with Gasteiger partial charge in [0.25, 0.3) is 0 Å². The van der Waals surface area contributed by atoms with E-state index >= 15 is 0 Å². The van der Waals surface area contributed by atoms with Gasteiger partial charge in [0, 0.05) is 3.58 Å². The Kier molecular flexibility index (Phi) is 4.02. The van der Waals surface area contributed by atoms with Gasteiger partial charge in [-0.3, -0.25) is 0 Å². The van der Waals surface area contributed by atoms with Crippen molar-refractivity contribution in [3.63, 3.8) is 0 Å². The van der Waals surface area contributed by atoms with Crippen LogP contribution in [0.15, 0.2) is 60.7 Å². The highest BCUT2D eigenvalue weighted by Crippen LogP contribution is 2.33. The zero-order valence-corrected chi connectivity index (χ0v) is 11.4. The molecule has 2 aromatic carbocycles. The van der Waals surface area contributed by atoms with Gasteiger partial charge in [-0.25, -0.2) is 0 Å². The Morgan fingerprint density at radius 2 is 1.19 bits per heavy atom. The predicted octanol–water partition coefficient (Wildman–Crippen LogP) is 5.19. The molecule has 16 heavy (non-hydrogen) atoms. The molecule has 0 aliphatic heterocycles. The van der Waals surface area contributed by atoms with Crippen LogP contribution in [0.4, 0.5) is 0 Å². The Bertz CT molecular complexity index is 441. The van der Waals surface area contributed by atoms with Crippen LogP contribution in [0.5, 0.6) is 0 Å². The number of hydrogen-bond acceptors (Lipinski definition) is 0. The maximum Gasteiger partial charge on any atom is 0.0617 e. The Hall–Kier alpha value is -0.800. The van der Waals surface area contributed by atoms with Gasteiger partial charge in [-0.05, 0) is 33.7 Å². The van der Waals surface area contributed by atoms with Gasteiger partial charge < -0.3 is 0 Å². The maximum absolute atomic E-state index is 6.36. The standard InChI is InChI=1S/C14H10ClI/c15-13(11-7-3-1-4-8-11)14(16)12-9-5-2-6-10-12/h1-10H/b14-13+. The zero-order chi connectivity index (χ0) is 11.4. The van der Waals surface area contributed by atoms with Crippen molar-refractivity contribution in [3.05, 3.63) is 71.8 Å². The molecule has 0 aliphatic carbocycles. The molecule has 2 heteroatoms. The van der Waals surface area contributed by atoms with E-state index in [9.17, 15) is 0 Å². The lowest BCUT2D eigenvalue weighted by Gasteiger charge is -2.04. The fourth-order valence-electron chi connectivity index (χ4n) is 1.42. The van der Waals surface area contributed by atoms with Gasteiger partial charge in [0.1, 0.15) is 0 Å². The third kappa shape index (κ3) is 2.66. The van der Waals surface area contributed by atoms with E-state index in [1.165, 1.54) is 0 Å². The summed E-state index contributed by atoms with van der Waals surface area (Å²) >= 11 is 8.65. The summed E-state index contributed by atoms with van der Waals surface area (Å²) in [6.07, 6.45) is 0. The average Bonchev–Trinajstić information content (AvgIpc) is 2.39. The molecule has 0 aromatic heterocycles. The van der Waals surface area contributed by atoms with Gasteiger partial charge in [0.2, 0.25) is 0 Å². The van der Waals surface area contributed by atoms with Crippen LogP contribution >= 0.6 is 34.2 Å². The zero-order valence-electron chi connectivity index (χ0n) is 8.53. The second-order valence-electron chi connectivity index (χ2n) is 3.36. The summed E-state index contributed by atoms with van der Waals surface area (Å²) in [5.74, 6) is 0. The SMILES string of the molecule is Cl/C(=C(/I)c1ccccc1)c1ccccc1. The largest absolute Gasteiger partial charge is 0.0825 e. The lowest BCUT2D eigenvalue weighted by molar-refractivity contribution is 1.63. The topological polar surface area (TPSA) is 0 Å². The molecule has 0 heterocycles. The molecule has 0 nitrogen and oxygen atoms in total. The quantitative estimate of drug-likeness (QED) is 0.521. The molecular weight excluding hydrogens is 331 g/mol. The molecule has 0 saturated heterocycles. The van der Waals surface area contributed by atoms with Gasteiger partial charge in [-0.1, -0.05) is 72.3 Å². The molecule has 0 radical (unpaired) electrons. The van der Waals surface area contributed by atoms with E-state index in [-0.39, 0.29) is 0 Å². The number of rotatable bonds is 2. The lowest BCUT2D eigenvalue weighted by Crippen LogP contribution is -1.81. The van der Waals surface area contributed by atoms with Crippen molar-refractivity contribution >= 4 is 42.8 Å². The molecule has 0 atom stereocenters. The third-order valence-electron chi connectivity index (χ3n) is 2.25. The molecule has 0 saturated carbocycles. The molecule has 0 unspecified atom stereocenters. The van der Waals surface area contributed by atoms with Crippen LogP contribution in [0, 0.1) is 0 Å². The van der Waals surface area contributed by atoms with Crippen LogP contribution in [-0.4, -0.2) is 0 Å². The van der Waals surface area contributed by atoms with Crippen molar-refractivity contribution in [2.45, 2.75) is 0 Å². The minimum absolute atomic E-state index is 0.799. The summed E-state index contributed by atoms with van der Waals surface area (Å²) in [5, 5.41) is 0.799. The normalized spacial score (nSPS) is 12.1. The van der Waals surface area contributed by atoms with Crippen molar-refractivity contribution in [1.82, 2.24) is 0 Å². The molecule has 0 aliphatic rings. The summed E-state index contributed by atoms with van der Waals surface area (Å²) in [6.45, 7) is 0. The first kappa shape index (κ1) is 11.7. The first-order valence-corrected chi connectivity index (χ1v) is 6.41. The van der Waals surface area contributed by atoms with Gasteiger partial charge in [0.15, 0.2) is 0 Å². The van der Waals surface area contributed by atoms with Crippen LogP contribution in [0.3, 0.4) is 0 Å². The summed E-state index contributed by atoms with van der Waals surface area (Å²) in [6, 6.07) is 20.2. The van der Waals surface area contributed by atoms with Crippen molar-refractivity contribution in [2.75, 3.05) is 0 Å². The van der Waals surface area contributed by atoms with Crippen LogP contribution in [0.1, 0.15) is 11.1 Å². The summed E-state index contributed by atoms with van der Waals surface area (Å²) in [4.78, 5) is 0. The van der Waals surface area contributed by atoms with E-state index in [0.717, 1.165) is 19.7 Å². The number of benzene rings is 2. The Labute approximate surface area is 114 Å². The minimum atomic E-state index is 0.799. The van der Waals surface area contributed by atoms with Gasteiger partial charge in [-0.2, -0.15) is 0 Å². The lowest BCUT2D eigenvalue weighted by atomic mass is 10.1. The van der Waals surface area contributed by atoms with E-state index in [4.69, 9.17) is 11.6 Å². The predicted molar refractivity (Wildman–Crippen MR) is 79.6 cm³/mol. The molecule has 0 amide bonds. The Morgan fingerprint density at radius 3 is 1.69 bits per heavy atom. The second kappa shape index (κ2) is 5.51. The van der Waals surface area contributed by atoms with E-state index in [1.807, 2.05) is 48.5 Å². The fourth-order valence-corrected chi connectivity index (χ4v) is 2.33. The van der Waals surface area contributed by atoms with Crippen molar-refractivity contribution in [1.29, 1.82) is 0 Å². The molecule has 80 valence electrons. The summed E-state index contributed by atoms with van der Waals surface area (Å²) in [7, 11) is 0. The minimum Gasteiger partial charge on any atom is -0.0825 e. The monoisotopic (exact) mass is 340 g/mol. The first-order chi connectivity index (χ1) is 7.79. The van der Waals surface area contributed by atoms with E-state index in [2.05, 4.69) is 34.7 Å². The Balaban J connectivity index is 2.43. The molecule has 0 N–H and O–H groups in total. The van der Waals surface area contributed by atoms with Gasteiger partial charge >= 0.3 is 0 Å². The average molecular weight is 341 g/mol. The van der Waals surface area contributed by atoms with Crippen molar-refractivity contribution in [2.24, 2.45) is 0 Å². The third-order valence-corrected chi connectivity index (χ3v) is 4.14. The highest BCUT2D eigenvalue weighted by molar-refractivity contribution is 14.1. The van der Waals surface area contributed by atoms with Gasteiger partial charge in [-0.15, -0.1) is 0 Å². The molecule has 2 rings (SSSR count). The molecule has 2 aromatic rings. The van der Waals surface area contributed by atoms with Crippen molar-refractivity contribution < 1.29 is 0 Å². The molecular formula is C14H10ClI. The van der Waals surface area contributed by atoms with Crippen LogP contribution in [-0.2, 0) is 0 Å². The summed E-state index contributed by atoms with van der Waals surface area (Å²) in [5.41, 5.74) is 2.20. The van der Waals surface area contributed by atoms with Crippen LogP contribution in [0.2, 0.25) is 0 Å². The second-order valence-corrected chi connectivity index (χ2v) is 4.82. The van der Waals surface area contributed by atoms with Crippen molar-refractivity contribution in [3.8, 4) is 0 Å². The number of halogens is 2. The summed E-state index contributed by atoms with van der Waals surface area (Å²) < 4.78 is 1.08. The highest BCUT2D eigenvalue weighted by atomic mass is 127. The number of hydrogen-bond donors (Lipinski definition) is 0. The Morgan fingerprint density at radius 1 is 0.750 bits per heavy atom. The molecule has 0 fully saturated rings. The van der Waals surface area contributed by atoms with Gasteiger partial charge in [0.05, 0.1) is 5.03 Å². The molecule has 0 bridgehead atoms. The van der Waals surface area contributed by atoms with Crippen LogP contribution in [0.25, 0.3) is 8.61 Å². The smallest absolute Gasteiger partial charge is 0.0617 e. The highest BCUT2D eigenvalue weighted by Gasteiger charge is 2.05. The van der Waals surface area contributed by atoms with E-state index < -0.39 is 0 Å². The van der Waals surface area contributed by atoms with E-state index in [0.29, 0.717) is 0 Å². The van der Waals surface area contributed by atoms with Crippen LogP contribution < -0.4 is 0 Å². The molecule has 0 spiro atoms. The first-order valence-electron chi connectivity index (χ1n) is 4.95. The maximum atomic E-state index is 6.36.